The number of halogens is 1. The number of carbonyl (C=O) groups is 1. The lowest BCUT2D eigenvalue weighted by molar-refractivity contribution is 0.0996. The average molecular weight is 497 g/mol. The highest BCUT2D eigenvalue weighted by atomic mass is 19.1. The Morgan fingerprint density at radius 3 is 2.68 bits per heavy atom. The SMILES string of the molecule is Cc1cc(C(C)NCC2CC2)cc(N2Cc3ccc(-c4ccc(F)cc4-c4nncn4C)cc3C2=O)n1. The van der Waals surface area contributed by atoms with Crippen LogP contribution in [-0.4, -0.2) is 32.2 Å². The van der Waals surface area contributed by atoms with Crippen molar-refractivity contribution in [3.8, 4) is 22.5 Å². The van der Waals surface area contributed by atoms with Crippen LogP contribution in [0.3, 0.4) is 0 Å². The largest absolute Gasteiger partial charge is 0.317 e. The molecular weight excluding hydrogens is 467 g/mol. The van der Waals surface area contributed by atoms with Crippen LogP contribution < -0.4 is 10.2 Å². The van der Waals surface area contributed by atoms with Gasteiger partial charge in [0.2, 0.25) is 0 Å². The molecule has 37 heavy (non-hydrogen) atoms. The van der Waals surface area contributed by atoms with E-state index in [1.165, 1.54) is 25.0 Å². The molecule has 0 radical (unpaired) electrons. The number of anilines is 1. The van der Waals surface area contributed by atoms with Crippen LogP contribution >= 0.6 is 0 Å². The molecule has 7 nitrogen and oxygen atoms in total. The fourth-order valence-corrected chi connectivity index (χ4v) is 4.98. The van der Waals surface area contributed by atoms with E-state index in [0.29, 0.717) is 29.3 Å². The molecule has 1 N–H and O–H groups in total. The van der Waals surface area contributed by atoms with E-state index in [4.69, 9.17) is 4.98 Å². The van der Waals surface area contributed by atoms with Crippen molar-refractivity contribution in [3.63, 3.8) is 0 Å². The van der Waals surface area contributed by atoms with Crippen LogP contribution in [-0.2, 0) is 13.6 Å². The van der Waals surface area contributed by atoms with Crippen LogP contribution in [0.4, 0.5) is 10.2 Å². The molecule has 1 saturated carbocycles. The summed E-state index contributed by atoms with van der Waals surface area (Å²) in [6, 6.07) is 14.7. The van der Waals surface area contributed by atoms with Crippen LogP contribution in [0.15, 0.2) is 54.9 Å². The highest BCUT2D eigenvalue weighted by Crippen LogP contribution is 2.36. The van der Waals surface area contributed by atoms with Gasteiger partial charge in [-0.25, -0.2) is 9.37 Å². The predicted molar refractivity (Wildman–Crippen MR) is 140 cm³/mol. The van der Waals surface area contributed by atoms with E-state index in [-0.39, 0.29) is 17.8 Å². The third kappa shape index (κ3) is 4.53. The maximum Gasteiger partial charge on any atom is 0.260 e. The van der Waals surface area contributed by atoms with Gasteiger partial charge in [0.25, 0.3) is 5.91 Å². The van der Waals surface area contributed by atoms with Crippen molar-refractivity contribution in [3.05, 3.63) is 83.1 Å². The Balaban J connectivity index is 1.31. The highest BCUT2D eigenvalue weighted by molar-refractivity contribution is 6.10. The number of fused-ring (bicyclic) bond motifs is 1. The van der Waals surface area contributed by atoms with E-state index in [0.717, 1.165) is 40.4 Å². The zero-order chi connectivity index (χ0) is 25.7. The topological polar surface area (TPSA) is 75.9 Å². The maximum absolute atomic E-state index is 14.2. The molecule has 2 aromatic carbocycles. The Bertz CT molecular complexity index is 1510. The number of benzene rings is 2. The highest BCUT2D eigenvalue weighted by Gasteiger charge is 2.31. The fraction of sp³-hybridized carbons (Fsp3) is 0.310. The number of rotatable bonds is 7. The van der Waals surface area contributed by atoms with E-state index in [1.54, 1.807) is 21.9 Å². The summed E-state index contributed by atoms with van der Waals surface area (Å²) < 4.78 is 15.9. The molecule has 4 aromatic rings. The number of aryl methyl sites for hydroxylation is 2. The molecule has 3 heterocycles. The third-order valence-electron chi connectivity index (χ3n) is 7.31. The number of hydrogen-bond donors (Lipinski definition) is 1. The fourth-order valence-electron chi connectivity index (χ4n) is 4.98. The predicted octanol–water partition coefficient (Wildman–Crippen LogP) is 5.21. The quantitative estimate of drug-likeness (QED) is 0.380. The van der Waals surface area contributed by atoms with Crippen molar-refractivity contribution >= 4 is 11.7 Å². The van der Waals surface area contributed by atoms with Gasteiger partial charge in [0.1, 0.15) is 18.0 Å². The molecule has 2 aliphatic rings. The van der Waals surface area contributed by atoms with E-state index in [9.17, 15) is 9.18 Å². The molecular formula is C29H29FN6O. The maximum atomic E-state index is 14.2. The van der Waals surface area contributed by atoms with Crippen molar-refractivity contribution in [2.24, 2.45) is 13.0 Å². The van der Waals surface area contributed by atoms with Gasteiger partial charge in [0.05, 0.1) is 6.54 Å². The first-order chi connectivity index (χ1) is 17.9. The van der Waals surface area contributed by atoms with Crippen molar-refractivity contribution in [2.75, 3.05) is 11.4 Å². The molecule has 188 valence electrons. The summed E-state index contributed by atoms with van der Waals surface area (Å²) in [6.45, 7) is 5.61. The molecule has 1 amide bonds. The van der Waals surface area contributed by atoms with Crippen LogP contribution in [0.1, 0.15) is 53.0 Å². The van der Waals surface area contributed by atoms with E-state index < -0.39 is 0 Å². The molecule has 8 heteroatoms. The first kappa shape index (κ1) is 23.5. The van der Waals surface area contributed by atoms with Gasteiger partial charge < -0.3 is 9.88 Å². The molecule has 1 aliphatic carbocycles. The van der Waals surface area contributed by atoms with Crippen LogP contribution in [0, 0.1) is 18.7 Å². The Morgan fingerprint density at radius 1 is 1.08 bits per heavy atom. The minimum atomic E-state index is -0.354. The van der Waals surface area contributed by atoms with Crippen LogP contribution in [0.25, 0.3) is 22.5 Å². The van der Waals surface area contributed by atoms with Gasteiger partial charge in [-0.1, -0.05) is 18.2 Å². The lowest BCUT2D eigenvalue weighted by Gasteiger charge is -2.20. The van der Waals surface area contributed by atoms with Crippen molar-refractivity contribution in [1.82, 2.24) is 25.1 Å². The van der Waals surface area contributed by atoms with E-state index in [2.05, 4.69) is 28.5 Å². The number of aromatic nitrogens is 4. The van der Waals surface area contributed by atoms with Crippen LogP contribution in [0.5, 0.6) is 0 Å². The first-order valence-corrected chi connectivity index (χ1v) is 12.7. The lowest BCUT2D eigenvalue weighted by Crippen LogP contribution is -2.26. The molecule has 1 atom stereocenters. The van der Waals surface area contributed by atoms with E-state index in [1.807, 2.05) is 38.2 Å². The average Bonchev–Trinajstić information content (AvgIpc) is 3.53. The number of hydrogen-bond acceptors (Lipinski definition) is 5. The van der Waals surface area contributed by atoms with Gasteiger partial charge in [-0.15, -0.1) is 10.2 Å². The minimum Gasteiger partial charge on any atom is -0.317 e. The number of amides is 1. The van der Waals surface area contributed by atoms with Gasteiger partial charge in [-0.05, 0) is 91.7 Å². The molecule has 0 bridgehead atoms. The van der Waals surface area contributed by atoms with Crippen molar-refractivity contribution < 1.29 is 9.18 Å². The molecule has 1 aliphatic heterocycles. The minimum absolute atomic E-state index is 0.0817. The normalized spacial score (nSPS) is 15.8. The lowest BCUT2D eigenvalue weighted by atomic mass is 9.96. The molecule has 1 fully saturated rings. The summed E-state index contributed by atoms with van der Waals surface area (Å²) in [7, 11) is 1.82. The van der Waals surface area contributed by atoms with Crippen LogP contribution in [0.2, 0.25) is 0 Å². The molecule has 2 aromatic heterocycles. The second-order valence-corrected chi connectivity index (χ2v) is 10.2. The molecule has 0 spiro atoms. The zero-order valence-corrected chi connectivity index (χ0v) is 21.2. The van der Waals surface area contributed by atoms with Gasteiger partial charge in [-0.2, -0.15) is 0 Å². The summed E-state index contributed by atoms with van der Waals surface area (Å²) in [6.07, 6.45) is 4.20. The van der Waals surface area contributed by atoms with E-state index >= 15 is 0 Å². The second kappa shape index (κ2) is 9.19. The Morgan fingerprint density at radius 2 is 1.92 bits per heavy atom. The number of nitrogens with zero attached hydrogens (tertiary/aromatic N) is 5. The molecule has 0 saturated heterocycles. The number of carbonyl (C=O) groups excluding carboxylic acids is 1. The Labute approximate surface area is 215 Å². The number of nitrogens with one attached hydrogen (secondary N) is 1. The molecule has 1 unspecified atom stereocenters. The summed E-state index contributed by atoms with van der Waals surface area (Å²) in [4.78, 5) is 20.0. The standard InChI is InChI=1S/C29H29FN6O/c1-17-10-22(18(2)31-14-19-4-5-19)12-27(33-17)36-15-21-7-6-20(11-25(21)29(36)37)24-9-8-23(30)13-26(24)28-34-32-16-35(28)3/h6-13,16,18-19,31H,4-5,14-15H2,1-3H3. The summed E-state index contributed by atoms with van der Waals surface area (Å²) in [5, 5.41) is 11.7. The van der Waals surface area contributed by atoms with Gasteiger partial charge in [0.15, 0.2) is 5.82 Å². The first-order valence-electron chi connectivity index (χ1n) is 12.7. The molecule has 6 rings (SSSR count). The summed E-state index contributed by atoms with van der Waals surface area (Å²) in [5.74, 6) is 1.58. The Kier molecular flexibility index (Phi) is 5.83. The van der Waals surface area contributed by atoms with Gasteiger partial charge in [0, 0.05) is 29.9 Å². The smallest absolute Gasteiger partial charge is 0.260 e. The number of pyridine rings is 1. The summed E-state index contributed by atoms with van der Waals surface area (Å²) >= 11 is 0. The van der Waals surface area contributed by atoms with Crippen molar-refractivity contribution in [1.29, 1.82) is 0 Å². The third-order valence-corrected chi connectivity index (χ3v) is 7.31. The second-order valence-electron chi connectivity index (χ2n) is 10.2. The van der Waals surface area contributed by atoms with Gasteiger partial charge in [-0.3, -0.25) is 9.69 Å². The van der Waals surface area contributed by atoms with Gasteiger partial charge >= 0.3 is 0 Å². The van der Waals surface area contributed by atoms with Crippen molar-refractivity contribution in [2.45, 2.75) is 39.3 Å². The Hall–Kier alpha value is -3.91. The summed E-state index contributed by atoms with van der Waals surface area (Å²) in [5.41, 5.74) is 5.83. The monoisotopic (exact) mass is 496 g/mol. The zero-order valence-electron chi connectivity index (χ0n) is 21.2.